The Morgan fingerprint density at radius 3 is 1.67 bits per heavy atom. The molecular formula is C34H36BrN11O6. The number of nitrogens with two attached hydrogens (primary N) is 1. The second-order valence-electron chi connectivity index (χ2n) is 11.9. The van der Waals surface area contributed by atoms with Gasteiger partial charge in [0, 0.05) is 76.3 Å². The number of aromatic nitrogens is 4. The first kappa shape index (κ1) is 36.7. The molecule has 4 heterocycles. The molecule has 0 fully saturated rings. The van der Waals surface area contributed by atoms with Crippen molar-refractivity contribution in [2.75, 3.05) is 27.8 Å². The standard InChI is InChI=1S/C34H36BrN11O6/c1-18(35)30(47)38-20-6-7-24-19(10-20)11-28(46(24)5)34(51)41-23-14-27(45(4)17-23)33(50)40-22-13-26(44(3)16-22)32(49)39-21-12-25(43(2)15-21)31(48)37-9-8-29(36)42-52/h6-7,10-17,52H,1,8-9H2,2-5H3,(H2,36,42)(H,37,48)(H,38,47)(H,39,49)(H,40,50)(H,41,51). The molecule has 0 bridgehead atoms. The third-order valence-corrected chi connectivity index (χ3v) is 8.42. The number of rotatable bonds is 12. The second-order valence-corrected chi connectivity index (χ2v) is 12.8. The molecule has 0 saturated carbocycles. The summed E-state index contributed by atoms with van der Waals surface area (Å²) < 4.78 is 6.57. The van der Waals surface area contributed by atoms with Crippen molar-refractivity contribution < 1.29 is 29.2 Å². The predicted octanol–water partition coefficient (Wildman–Crippen LogP) is 3.66. The molecule has 0 unspecified atom stereocenters. The number of amidine groups is 1. The maximum absolute atomic E-state index is 13.3. The number of nitrogens with zero attached hydrogens (tertiary/aromatic N) is 5. The van der Waals surface area contributed by atoms with Gasteiger partial charge >= 0.3 is 0 Å². The van der Waals surface area contributed by atoms with Crippen LogP contribution in [0, 0.1) is 0 Å². The van der Waals surface area contributed by atoms with Crippen molar-refractivity contribution in [1.82, 2.24) is 23.6 Å². The van der Waals surface area contributed by atoms with E-state index >= 15 is 0 Å². The van der Waals surface area contributed by atoms with E-state index in [4.69, 9.17) is 10.9 Å². The van der Waals surface area contributed by atoms with Crippen LogP contribution in [0.25, 0.3) is 10.9 Å². The molecule has 18 heteroatoms. The highest BCUT2D eigenvalue weighted by atomic mass is 79.9. The van der Waals surface area contributed by atoms with Crippen LogP contribution in [0.5, 0.6) is 0 Å². The molecule has 0 radical (unpaired) electrons. The number of carbonyl (C=O) groups is 5. The third kappa shape index (κ3) is 8.07. The van der Waals surface area contributed by atoms with Gasteiger partial charge in [0.1, 0.15) is 28.6 Å². The minimum atomic E-state index is -0.476. The average molecular weight is 775 g/mol. The average Bonchev–Trinajstić information content (AvgIpc) is 3.84. The monoisotopic (exact) mass is 773 g/mol. The third-order valence-electron chi connectivity index (χ3n) is 8.06. The zero-order valence-corrected chi connectivity index (χ0v) is 30.2. The van der Waals surface area contributed by atoms with Crippen LogP contribution in [0.3, 0.4) is 0 Å². The summed E-state index contributed by atoms with van der Waals surface area (Å²) in [5, 5.41) is 26.0. The fourth-order valence-corrected chi connectivity index (χ4v) is 5.55. The minimum Gasteiger partial charge on any atom is -0.409 e. The molecule has 0 saturated heterocycles. The maximum atomic E-state index is 13.3. The molecule has 17 nitrogen and oxygen atoms in total. The van der Waals surface area contributed by atoms with Crippen LogP contribution in [0.2, 0.25) is 0 Å². The van der Waals surface area contributed by atoms with Crippen molar-refractivity contribution in [2.45, 2.75) is 6.42 Å². The van der Waals surface area contributed by atoms with Crippen molar-refractivity contribution in [3.05, 3.63) is 94.9 Å². The smallest absolute Gasteiger partial charge is 0.272 e. The molecule has 5 aromatic rings. The van der Waals surface area contributed by atoms with Gasteiger partial charge in [-0.3, -0.25) is 24.0 Å². The highest BCUT2D eigenvalue weighted by Crippen LogP contribution is 2.25. The van der Waals surface area contributed by atoms with E-state index < -0.39 is 23.6 Å². The number of anilines is 4. The van der Waals surface area contributed by atoms with Crippen molar-refractivity contribution in [3.8, 4) is 0 Å². The molecule has 5 amide bonds. The first-order chi connectivity index (χ1) is 24.6. The predicted molar refractivity (Wildman–Crippen MR) is 200 cm³/mol. The van der Waals surface area contributed by atoms with Crippen LogP contribution in [0.1, 0.15) is 48.4 Å². The number of oxime groups is 1. The number of aryl methyl sites for hydroxylation is 4. The fourth-order valence-electron chi connectivity index (χ4n) is 5.45. The Morgan fingerprint density at radius 1 is 0.712 bits per heavy atom. The number of halogens is 1. The lowest BCUT2D eigenvalue weighted by molar-refractivity contribution is -0.112. The second kappa shape index (κ2) is 15.1. The van der Waals surface area contributed by atoms with E-state index in [-0.39, 0.29) is 46.3 Å². The number of fused-ring (bicyclic) bond motifs is 1. The van der Waals surface area contributed by atoms with Crippen LogP contribution in [0.4, 0.5) is 22.7 Å². The molecular weight excluding hydrogens is 738 g/mol. The fraction of sp³-hybridized carbons (Fsp3) is 0.176. The SMILES string of the molecule is C=C(Br)C(=O)Nc1ccc2c(c1)cc(C(=O)Nc1cc(C(=O)Nc3cc(C(=O)Nc4cc(C(=O)NCCC(N)=NO)n(C)c4)n(C)c3)n(C)c1)n2C. The van der Waals surface area contributed by atoms with Crippen LogP contribution in [-0.4, -0.2) is 65.4 Å². The largest absolute Gasteiger partial charge is 0.409 e. The van der Waals surface area contributed by atoms with Crippen molar-refractivity contribution in [1.29, 1.82) is 0 Å². The molecule has 0 aliphatic carbocycles. The molecule has 0 aliphatic rings. The Balaban J connectivity index is 1.22. The van der Waals surface area contributed by atoms with Crippen LogP contribution >= 0.6 is 15.9 Å². The number of nitrogens with one attached hydrogen (secondary N) is 5. The van der Waals surface area contributed by atoms with Gasteiger partial charge in [0.05, 0.1) is 21.5 Å². The summed E-state index contributed by atoms with van der Waals surface area (Å²) in [5.74, 6) is -2.16. The van der Waals surface area contributed by atoms with Gasteiger partial charge in [-0.05, 0) is 58.4 Å². The summed E-state index contributed by atoms with van der Waals surface area (Å²) in [6.45, 7) is 3.72. The van der Waals surface area contributed by atoms with Gasteiger partial charge in [0.15, 0.2) is 0 Å². The first-order valence-corrected chi connectivity index (χ1v) is 16.4. The Morgan fingerprint density at radius 2 is 1.19 bits per heavy atom. The highest BCUT2D eigenvalue weighted by Gasteiger charge is 2.20. The van der Waals surface area contributed by atoms with Gasteiger partial charge in [-0.2, -0.15) is 0 Å². The maximum Gasteiger partial charge on any atom is 0.272 e. The van der Waals surface area contributed by atoms with Gasteiger partial charge in [-0.15, -0.1) is 0 Å². The number of hydrogen-bond acceptors (Lipinski definition) is 7. The Bertz CT molecular complexity index is 2290. The van der Waals surface area contributed by atoms with E-state index in [0.717, 1.165) is 10.9 Å². The Labute approximate surface area is 305 Å². The molecule has 0 spiro atoms. The summed E-state index contributed by atoms with van der Waals surface area (Å²) in [6, 6.07) is 11.5. The van der Waals surface area contributed by atoms with Crippen LogP contribution in [0.15, 0.2) is 77.3 Å². The van der Waals surface area contributed by atoms with Gasteiger partial charge in [0.25, 0.3) is 29.5 Å². The molecule has 5 rings (SSSR count). The first-order valence-electron chi connectivity index (χ1n) is 15.6. The minimum absolute atomic E-state index is 0.0169. The Kier molecular flexibility index (Phi) is 10.7. The molecule has 52 heavy (non-hydrogen) atoms. The van der Waals surface area contributed by atoms with Crippen molar-refractivity contribution in [3.63, 3.8) is 0 Å². The van der Waals surface area contributed by atoms with Crippen LogP contribution in [-0.2, 0) is 33.0 Å². The molecule has 0 aliphatic heterocycles. The van der Waals surface area contributed by atoms with Gasteiger partial charge in [0.2, 0.25) is 0 Å². The van der Waals surface area contributed by atoms with E-state index in [2.05, 4.69) is 54.2 Å². The van der Waals surface area contributed by atoms with Crippen molar-refractivity contribution >= 4 is 85.0 Å². The number of amides is 5. The van der Waals surface area contributed by atoms with Gasteiger partial charge < -0.3 is 55.8 Å². The van der Waals surface area contributed by atoms with E-state index in [9.17, 15) is 24.0 Å². The van der Waals surface area contributed by atoms with Gasteiger partial charge in [-0.1, -0.05) is 11.7 Å². The summed E-state index contributed by atoms with van der Waals surface area (Å²) in [6.07, 6.45) is 4.93. The van der Waals surface area contributed by atoms with E-state index in [0.29, 0.717) is 28.4 Å². The Hall–Kier alpha value is -6.56. The summed E-state index contributed by atoms with van der Waals surface area (Å²) >= 11 is 3.05. The van der Waals surface area contributed by atoms with E-state index in [1.54, 1.807) is 89.3 Å². The van der Waals surface area contributed by atoms with Crippen molar-refractivity contribution in [2.24, 2.45) is 39.1 Å². The zero-order chi connectivity index (χ0) is 37.9. The lowest BCUT2D eigenvalue weighted by Gasteiger charge is -2.06. The summed E-state index contributed by atoms with van der Waals surface area (Å²) in [7, 11) is 6.71. The summed E-state index contributed by atoms with van der Waals surface area (Å²) in [5.41, 5.74) is 8.99. The number of benzene rings is 1. The molecule has 270 valence electrons. The number of hydrogen-bond donors (Lipinski definition) is 7. The topological polar surface area (TPSA) is 224 Å². The zero-order valence-electron chi connectivity index (χ0n) is 28.6. The summed E-state index contributed by atoms with van der Waals surface area (Å²) in [4.78, 5) is 64.3. The molecule has 1 aromatic carbocycles. The van der Waals surface area contributed by atoms with E-state index in [1.165, 1.54) is 18.2 Å². The molecule has 8 N–H and O–H groups in total. The molecule has 0 atom stereocenters. The lowest BCUT2D eigenvalue weighted by Crippen LogP contribution is -2.29. The van der Waals surface area contributed by atoms with Gasteiger partial charge in [-0.25, -0.2) is 0 Å². The normalized spacial score (nSPS) is 11.3. The highest BCUT2D eigenvalue weighted by molar-refractivity contribution is 9.12. The number of carbonyl (C=O) groups excluding carboxylic acids is 5. The van der Waals surface area contributed by atoms with E-state index in [1.807, 2.05) is 0 Å². The van der Waals surface area contributed by atoms with Crippen LogP contribution < -0.4 is 32.3 Å². The lowest BCUT2D eigenvalue weighted by atomic mass is 10.2. The quantitative estimate of drug-likeness (QED) is 0.0327. The molecule has 4 aromatic heterocycles.